The zero-order chi connectivity index (χ0) is 17.4. The van der Waals surface area contributed by atoms with Gasteiger partial charge in [0.25, 0.3) is 5.69 Å². The SMILES string of the molecule is C=CCCCCCCN1CCS/C1=N\c1ccc([N+](=O)[O-])cc1C. The van der Waals surface area contributed by atoms with E-state index >= 15 is 0 Å². The van der Waals surface area contributed by atoms with Crippen molar-refractivity contribution in [2.75, 3.05) is 18.8 Å². The Morgan fingerprint density at radius 3 is 2.88 bits per heavy atom. The Hall–Kier alpha value is -1.82. The molecule has 5 nitrogen and oxygen atoms in total. The van der Waals surface area contributed by atoms with Crippen molar-refractivity contribution in [3.8, 4) is 0 Å². The summed E-state index contributed by atoms with van der Waals surface area (Å²) in [5.41, 5.74) is 1.78. The summed E-state index contributed by atoms with van der Waals surface area (Å²) in [6, 6.07) is 4.85. The number of unbranched alkanes of at least 4 members (excludes halogenated alkanes) is 4. The number of nitro groups is 1. The lowest BCUT2D eigenvalue weighted by Gasteiger charge is -2.18. The van der Waals surface area contributed by atoms with Gasteiger partial charge >= 0.3 is 0 Å². The van der Waals surface area contributed by atoms with E-state index < -0.39 is 0 Å². The third kappa shape index (κ3) is 5.37. The largest absolute Gasteiger partial charge is 0.350 e. The molecule has 2 rings (SSSR count). The first-order valence-corrected chi connectivity index (χ1v) is 9.42. The van der Waals surface area contributed by atoms with Crippen molar-refractivity contribution in [1.29, 1.82) is 0 Å². The normalized spacial score (nSPS) is 15.9. The van der Waals surface area contributed by atoms with E-state index in [0.29, 0.717) is 0 Å². The van der Waals surface area contributed by atoms with Crippen LogP contribution in [0.1, 0.15) is 37.7 Å². The fourth-order valence-corrected chi connectivity index (χ4v) is 3.69. The molecule has 1 aromatic rings. The van der Waals surface area contributed by atoms with Crippen LogP contribution in [0, 0.1) is 17.0 Å². The lowest BCUT2D eigenvalue weighted by atomic mass is 10.1. The van der Waals surface area contributed by atoms with E-state index in [4.69, 9.17) is 4.99 Å². The van der Waals surface area contributed by atoms with Gasteiger partial charge < -0.3 is 4.90 Å². The summed E-state index contributed by atoms with van der Waals surface area (Å²) in [4.78, 5) is 17.5. The molecule has 1 fully saturated rings. The molecule has 130 valence electrons. The molecule has 0 spiro atoms. The number of non-ortho nitro benzene ring substituents is 1. The maximum atomic E-state index is 10.8. The summed E-state index contributed by atoms with van der Waals surface area (Å²) in [6.45, 7) is 7.68. The molecule has 0 radical (unpaired) electrons. The molecule has 0 amide bonds. The van der Waals surface area contributed by atoms with E-state index in [1.807, 2.05) is 13.0 Å². The molecule has 0 aromatic heterocycles. The van der Waals surface area contributed by atoms with Gasteiger partial charge in [0.15, 0.2) is 5.17 Å². The molecule has 24 heavy (non-hydrogen) atoms. The van der Waals surface area contributed by atoms with Crippen LogP contribution in [0.25, 0.3) is 0 Å². The third-order valence-electron chi connectivity index (χ3n) is 4.06. The van der Waals surface area contributed by atoms with Gasteiger partial charge in [-0.2, -0.15) is 0 Å². The van der Waals surface area contributed by atoms with Gasteiger partial charge in [-0.05, 0) is 37.8 Å². The third-order valence-corrected chi connectivity index (χ3v) is 5.05. The summed E-state index contributed by atoms with van der Waals surface area (Å²) in [5, 5.41) is 11.9. The van der Waals surface area contributed by atoms with E-state index in [1.54, 1.807) is 23.9 Å². The molecule has 0 N–H and O–H groups in total. The smallest absolute Gasteiger partial charge is 0.269 e. The molecule has 1 heterocycles. The van der Waals surface area contributed by atoms with E-state index in [1.165, 1.54) is 31.7 Å². The second-order valence-corrected chi connectivity index (χ2v) is 7.01. The van der Waals surface area contributed by atoms with Crippen LogP contribution in [0.4, 0.5) is 11.4 Å². The number of nitro benzene ring substituents is 1. The van der Waals surface area contributed by atoms with Crippen molar-refractivity contribution >= 4 is 28.3 Å². The van der Waals surface area contributed by atoms with Crippen LogP contribution in [0.15, 0.2) is 35.8 Å². The molecule has 1 aliphatic heterocycles. The highest BCUT2D eigenvalue weighted by Crippen LogP contribution is 2.28. The van der Waals surface area contributed by atoms with Gasteiger partial charge in [0.1, 0.15) is 0 Å². The Morgan fingerprint density at radius 1 is 1.38 bits per heavy atom. The number of nitrogens with zero attached hydrogens (tertiary/aromatic N) is 3. The maximum absolute atomic E-state index is 10.8. The van der Waals surface area contributed by atoms with E-state index in [0.717, 1.165) is 41.7 Å². The predicted octanol–water partition coefficient (Wildman–Crippen LogP) is 5.08. The summed E-state index contributed by atoms with van der Waals surface area (Å²) < 4.78 is 0. The maximum Gasteiger partial charge on any atom is 0.269 e. The number of rotatable bonds is 9. The Morgan fingerprint density at radius 2 is 2.17 bits per heavy atom. The first kappa shape index (κ1) is 18.5. The molecular formula is C18H25N3O2S. The van der Waals surface area contributed by atoms with Gasteiger partial charge in [0.2, 0.25) is 0 Å². The van der Waals surface area contributed by atoms with Crippen LogP contribution < -0.4 is 0 Å². The molecule has 6 heteroatoms. The second-order valence-electron chi connectivity index (χ2n) is 5.95. The Labute approximate surface area is 148 Å². The van der Waals surface area contributed by atoms with Crippen molar-refractivity contribution in [3.05, 3.63) is 46.5 Å². The number of aliphatic imine (C=N–C) groups is 1. The molecule has 1 aliphatic rings. The lowest BCUT2D eigenvalue weighted by Crippen LogP contribution is -2.25. The number of amidine groups is 1. The highest BCUT2D eigenvalue weighted by atomic mass is 32.2. The van der Waals surface area contributed by atoms with Crippen LogP contribution in [0.3, 0.4) is 0 Å². The average Bonchev–Trinajstić information content (AvgIpc) is 2.99. The van der Waals surface area contributed by atoms with Crippen LogP contribution in [-0.2, 0) is 0 Å². The van der Waals surface area contributed by atoms with Crippen molar-refractivity contribution in [2.45, 2.75) is 39.0 Å². The van der Waals surface area contributed by atoms with Crippen LogP contribution in [0.5, 0.6) is 0 Å². The van der Waals surface area contributed by atoms with E-state index in [-0.39, 0.29) is 10.6 Å². The van der Waals surface area contributed by atoms with E-state index in [9.17, 15) is 10.1 Å². The van der Waals surface area contributed by atoms with Gasteiger partial charge in [0.05, 0.1) is 10.6 Å². The van der Waals surface area contributed by atoms with Gasteiger partial charge in [-0.3, -0.25) is 10.1 Å². The Balaban J connectivity index is 1.93. The zero-order valence-electron chi connectivity index (χ0n) is 14.2. The fraction of sp³-hybridized carbons (Fsp3) is 0.500. The molecule has 0 unspecified atom stereocenters. The van der Waals surface area contributed by atoms with Crippen molar-refractivity contribution in [2.24, 2.45) is 4.99 Å². The monoisotopic (exact) mass is 347 g/mol. The first-order valence-electron chi connectivity index (χ1n) is 8.44. The van der Waals surface area contributed by atoms with E-state index in [2.05, 4.69) is 11.5 Å². The topological polar surface area (TPSA) is 58.7 Å². The number of thioether (sulfide) groups is 1. The van der Waals surface area contributed by atoms with Crippen molar-refractivity contribution in [3.63, 3.8) is 0 Å². The summed E-state index contributed by atoms with van der Waals surface area (Å²) >= 11 is 1.77. The van der Waals surface area contributed by atoms with Crippen LogP contribution in [-0.4, -0.2) is 33.8 Å². The fourth-order valence-electron chi connectivity index (χ4n) is 2.67. The van der Waals surface area contributed by atoms with Crippen molar-refractivity contribution in [1.82, 2.24) is 4.90 Å². The summed E-state index contributed by atoms with van der Waals surface area (Å²) in [5.74, 6) is 1.06. The minimum atomic E-state index is -0.368. The van der Waals surface area contributed by atoms with Gasteiger partial charge in [-0.1, -0.05) is 30.7 Å². The minimum absolute atomic E-state index is 0.118. The van der Waals surface area contributed by atoms with Gasteiger partial charge in [-0.15, -0.1) is 6.58 Å². The molecule has 0 atom stereocenters. The van der Waals surface area contributed by atoms with Gasteiger partial charge in [0, 0.05) is 31.0 Å². The zero-order valence-corrected chi connectivity index (χ0v) is 15.1. The summed E-state index contributed by atoms with van der Waals surface area (Å²) in [7, 11) is 0. The van der Waals surface area contributed by atoms with Crippen LogP contribution in [0.2, 0.25) is 0 Å². The minimum Gasteiger partial charge on any atom is -0.350 e. The highest BCUT2D eigenvalue weighted by Gasteiger charge is 2.19. The average molecular weight is 347 g/mol. The second kappa shape index (κ2) is 9.47. The quantitative estimate of drug-likeness (QED) is 0.271. The Kier molecular flexibility index (Phi) is 7.31. The molecule has 0 bridgehead atoms. The number of hydrogen-bond acceptors (Lipinski definition) is 4. The Bertz CT molecular complexity index is 616. The molecule has 1 aromatic carbocycles. The molecule has 1 saturated heterocycles. The lowest BCUT2D eigenvalue weighted by molar-refractivity contribution is -0.384. The molecule has 0 aliphatic carbocycles. The highest BCUT2D eigenvalue weighted by molar-refractivity contribution is 8.14. The number of hydrogen-bond donors (Lipinski definition) is 0. The van der Waals surface area contributed by atoms with Crippen LogP contribution >= 0.6 is 11.8 Å². The molecule has 0 saturated carbocycles. The van der Waals surface area contributed by atoms with Gasteiger partial charge in [-0.25, -0.2) is 4.99 Å². The molecular weight excluding hydrogens is 322 g/mol. The summed E-state index contributed by atoms with van der Waals surface area (Å²) in [6.07, 6.45) is 7.97. The first-order chi connectivity index (χ1) is 11.6. The number of benzene rings is 1. The number of aryl methyl sites for hydroxylation is 1. The predicted molar refractivity (Wildman–Crippen MR) is 102 cm³/mol. The standard InChI is InChI=1S/C18H25N3O2S/c1-3-4-5-6-7-8-11-20-12-13-24-18(20)19-17-10-9-16(21(22)23)14-15(17)2/h3,9-10,14H,1,4-8,11-13H2,2H3/b19-18-. The van der Waals surface area contributed by atoms with Crippen molar-refractivity contribution < 1.29 is 4.92 Å². The number of allylic oxidation sites excluding steroid dienone is 1.